The summed E-state index contributed by atoms with van der Waals surface area (Å²) in [5, 5.41) is 0.633. The largest absolute Gasteiger partial charge is 0.493 e. The second-order valence-corrected chi connectivity index (χ2v) is 9.45. The van der Waals surface area contributed by atoms with Crippen molar-refractivity contribution in [2.75, 3.05) is 26.2 Å². The summed E-state index contributed by atoms with van der Waals surface area (Å²) in [7, 11) is 0. The van der Waals surface area contributed by atoms with Crippen LogP contribution in [-0.2, 0) is 11.2 Å². The molecule has 0 spiro atoms. The van der Waals surface area contributed by atoms with Crippen molar-refractivity contribution in [3.8, 4) is 5.75 Å². The van der Waals surface area contributed by atoms with Gasteiger partial charge in [0.25, 0.3) is 0 Å². The lowest BCUT2D eigenvalue weighted by molar-refractivity contribution is -0.128. The van der Waals surface area contributed by atoms with Crippen LogP contribution in [0.4, 0.5) is 0 Å². The second kappa shape index (κ2) is 15.9. The SMILES string of the molecule is C=C/C(Cl)=C\C=C/CCOc1ccccc1CC1CCN(CC(C)(C)C(=O)CC)CC1.CC. The van der Waals surface area contributed by atoms with Crippen LogP contribution in [-0.4, -0.2) is 36.9 Å². The number of carbonyl (C=O) groups excluding carboxylic acids is 1. The number of carbonyl (C=O) groups is 1. The van der Waals surface area contributed by atoms with Gasteiger partial charge in [-0.05, 0) is 62.4 Å². The third-order valence-corrected chi connectivity index (χ3v) is 6.29. The predicted octanol–water partition coefficient (Wildman–Crippen LogP) is 7.61. The molecule has 2 rings (SSSR count). The Hall–Kier alpha value is -1.84. The number of nitrogens with zero attached hydrogens (tertiary/aromatic N) is 1. The number of ketones is 1. The minimum Gasteiger partial charge on any atom is -0.493 e. The zero-order valence-electron chi connectivity index (χ0n) is 21.4. The zero-order valence-corrected chi connectivity index (χ0v) is 22.2. The lowest BCUT2D eigenvalue weighted by atomic mass is 9.84. The lowest BCUT2D eigenvalue weighted by Gasteiger charge is -2.36. The molecule has 0 aliphatic carbocycles. The molecule has 1 aromatic rings. The number of rotatable bonds is 12. The van der Waals surface area contributed by atoms with E-state index in [0.29, 0.717) is 29.8 Å². The molecule has 1 fully saturated rings. The topological polar surface area (TPSA) is 29.5 Å². The number of hydrogen-bond acceptors (Lipinski definition) is 3. The van der Waals surface area contributed by atoms with Gasteiger partial charge in [-0.2, -0.15) is 0 Å². The number of hydrogen-bond donors (Lipinski definition) is 0. The first-order valence-electron chi connectivity index (χ1n) is 12.5. The molecule has 3 nitrogen and oxygen atoms in total. The third-order valence-electron chi connectivity index (χ3n) is 6.01. The molecular formula is C29H44ClNO2. The quantitative estimate of drug-likeness (QED) is 0.231. The van der Waals surface area contributed by atoms with Gasteiger partial charge in [-0.1, -0.05) is 89.2 Å². The molecule has 0 bridgehead atoms. The molecule has 0 unspecified atom stereocenters. The van der Waals surface area contributed by atoms with Crippen molar-refractivity contribution in [3.63, 3.8) is 0 Å². The highest BCUT2D eigenvalue weighted by atomic mass is 35.5. The molecule has 0 aromatic heterocycles. The molecule has 0 radical (unpaired) electrons. The van der Waals surface area contributed by atoms with Crippen molar-refractivity contribution in [2.45, 2.75) is 66.7 Å². The summed E-state index contributed by atoms with van der Waals surface area (Å²) >= 11 is 5.89. The third kappa shape index (κ3) is 10.8. The summed E-state index contributed by atoms with van der Waals surface area (Å²) in [6.07, 6.45) is 12.3. The van der Waals surface area contributed by atoms with Crippen LogP contribution in [0.15, 0.2) is 60.2 Å². The van der Waals surface area contributed by atoms with E-state index in [0.717, 1.165) is 38.2 Å². The smallest absolute Gasteiger partial charge is 0.139 e. The Kier molecular flexibility index (Phi) is 14.1. The molecule has 0 saturated carbocycles. The Labute approximate surface area is 207 Å². The highest BCUT2D eigenvalue weighted by Gasteiger charge is 2.30. The summed E-state index contributed by atoms with van der Waals surface area (Å²) < 4.78 is 6.06. The Morgan fingerprint density at radius 2 is 1.91 bits per heavy atom. The van der Waals surface area contributed by atoms with E-state index in [1.54, 1.807) is 6.08 Å². The number of Topliss-reactive ketones (excluding diaryl/α,β-unsaturated/α-hetero) is 1. The van der Waals surface area contributed by atoms with Gasteiger partial charge in [0.15, 0.2) is 0 Å². The molecule has 1 heterocycles. The van der Waals surface area contributed by atoms with E-state index in [1.165, 1.54) is 18.4 Å². The second-order valence-electron chi connectivity index (χ2n) is 9.01. The van der Waals surface area contributed by atoms with Crippen LogP contribution in [0.5, 0.6) is 5.75 Å². The fraction of sp³-hybridized carbons (Fsp3) is 0.552. The first-order valence-corrected chi connectivity index (χ1v) is 12.8. The Morgan fingerprint density at radius 3 is 2.55 bits per heavy atom. The van der Waals surface area contributed by atoms with E-state index in [9.17, 15) is 4.79 Å². The van der Waals surface area contributed by atoms with Gasteiger partial charge in [0.1, 0.15) is 11.5 Å². The van der Waals surface area contributed by atoms with Crippen molar-refractivity contribution in [1.82, 2.24) is 4.90 Å². The van der Waals surface area contributed by atoms with E-state index in [4.69, 9.17) is 16.3 Å². The number of halogens is 1. The number of likely N-dealkylation sites (tertiary alicyclic amines) is 1. The minimum absolute atomic E-state index is 0.247. The van der Waals surface area contributed by atoms with Gasteiger partial charge in [-0.25, -0.2) is 0 Å². The number of para-hydroxylation sites is 1. The average Bonchev–Trinajstić information content (AvgIpc) is 2.83. The summed E-state index contributed by atoms with van der Waals surface area (Å²) in [6.45, 7) is 17.4. The standard InChI is InChI=1S/C27H38ClNO2.C2H6/c1-5-24(28)13-8-7-11-19-31-25-14-10-9-12-23(25)20-22-15-17-29(18-16-22)21-27(3,4)26(30)6-2;1-2/h5,7-10,12-14,22H,1,6,11,15-21H2,2-4H3;1-2H3/b8-7-,24-13+;. The molecule has 1 aromatic carbocycles. The maximum Gasteiger partial charge on any atom is 0.139 e. The van der Waals surface area contributed by atoms with Crippen LogP contribution in [0.3, 0.4) is 0 Å². The number of allylic oxidation sites excluding steroid dienone is 4. The Morgan fingerprint density at radius 1 is 1.24 bits per heavy atom. The average molecular weight is 474 g/mol. The van der Waals surface area contributed by atoms with Gasteiger partial charge < -0.3 is 9.64 Å². The first kappa shape index (κ1) is 29.2. The van der Waals surface area contributed by atoms with Crippen molar-refractivity contribution in [3.05, 3.63) is 65.7 Å². The maximum absolute atomic E-state index is 12.2. The van der Waals surface area contributed by atoms with E-state index < -0.39 is 0 Å². The first-order chi connectivity index (χ1) is 15.9. The maximum atomic E-state index is 12.2. The van der Waals surface area contributed by atoms with Gasteiger partial charge in [-0.15, -0.1) is 0 Å². The van der Waals surface area contributed by atoms with Crippen molar-refractivity contribution >= 4 is 17.4 Å². The summed E-state index contributed by atoms with van der Waals surface area (Å²) in [5.41, 5.74) is 1.05. The van der Waals surface area contributed by atoms with Gasteiger partial charge >= 0.3 is 0 Å². The number of benzene rings is 1. The minimum atomic E-state index is -0.247. The summed E-state index contributed by atoms with van der Waals surface area (Å²) in [6, 6.07) is 8.39. The number of piperidine rings is 1. The molecule has 4 heteroatoms. The normalized spacial score (nSPS) is 15.8. The van der Waals surface area contributed by atoms with Crippen LogP contribution in [0.1, 0.15) is 65.9 Å². The lowest BCUT2D eigenvalue weighted by Crippen LogP contribution is -2.43. The van der Waals surface area contributed by atoms with Gasteiger partial charge in [0, 0.05) is 23.4 Å². The van der Waals surface area contributed by atoms with Crippen LogP contribution in [0, 0.1) is 11.3 Å². The highest BCUT2D eigenvalue weighted by molar-refractivity contribution is 6.31. The fourth-order valence-electron chi connectivity index (χ4n) is 4.16. The molecule has 0 atom stereocenters. The zero-order chi connectivity index (χ0) is 24.7. The van der Waals surface area contributed by atoms with Crippen molar-refractivity contribution in [2.24, 2.45) is 11.3 Å². The van der Waals surface area contributed by atoms with Gasteiger partial charge in [-0.3, -0.25) is 4.79 Å². The molecule has 1 aliphatic rings. The molecule has 0 amide bonds. The van der Waals surface area contributed by atoms with Crippen LogP contribution >= 0.6 is 11.6 Å². The van der Waals surface area contributed by atoms with Gasteiger partial charge in [0.05, 0.1) is 6.61 Å². The van der Waals surface area contributed by atoms with Crippen LogP contribution in [0.25, 0.3) is 0 Å². The van der Waals surface area contributed by atoms with Crippen LogP contribution in [0.2, 0.25) is 0 Å². The Balaban J connectivity index is 0.00000265. The summed E-state index contributed by atoms with van der Waals surface area (Å²) in [4.78, 5) is 14.6. The molecule has 1 aliphatic heterocycles. The van der Waals surface area contributed by atoms with E-state index in [1.807, 2.05) is 39.0 Å². The van der Waals surface area contributed by atoms with Crippen molar-refractivity contribution < 1.29 is 9.53 Å². The molecule has 1 saturated heterocycles. The molecule has 184 valence electrons. The monoisotopic (exact) mass is 473 g/mol. The fourth-order valence-corrected chi connectivity index (χ4v) is 4.23. The molecule has 33 heavy (non-hydrogen) atoms. The number of ether oxygens (including phenoxy) is 1. The highest BCUT2D eigenvalue weighted by Crippen LogP contribution is 2.29. The predicted molar refractivity (Wildman–Crippen MR) is 143 cm³/mol. The van der Waals surface area contributed by atoms with Crippen LogP contribution < -0.4 is 4.74 Å². The Bertz CT molecular complexity index is 774. The van der Waals surface area contributed by atoms with E-state index >= 15 is 0 Å². The van der Waals surface area contributed by atoms with Crippen molar-refractivity contribution in [1.29, 1.82) is 0 Å². The van der Waals surface area contributed by atoms with E-state index in [-0.39, 0.29) is 5.41 Å². The van der Waals surface area contributed by atoms with E-state index in [2.05, 4.69) is 49.6 Å². The molecule has 0 N–H and O–H groups in total. The molecular weight excluding hydrogens is 430 g/mol. The summed E-state index contributed by atoms with van der Waals surface area (Å²) in [5.74, 6) is 2.01. The van der Waals surface area contributed by atoms with Gasteiger partial charge in [0.2, 0.25) is 0 Å².